The quantitative estimate of drug-likeness (QED) is 0.850. The summed E-state index contributed by atoms with van der Waals surface area (Å²) in [5, 5.41) is 17.9. The molecule has 0 aliphatic carbocycles. The number of imidazole rings is 1. The van der Waals surface area contributed by atoms with Gasteiger partial charge in [0.15, 0.2) is 11.4 Å². The van der Waals surface area contributed by atoms with Crippen LogP contribution in [0.3, 0.4) is 0 Å². The molecule has 0 saturated carbocycles. The fourth-order valence-electron chi connectivity index (χ4n) is 1.91. The highest BCUT2D eigenvalue weighted by molar-refractivity contribution is 5.89. The molecular weight excluding hydrogens is 289 g/mol. The van der Waals surface area contributed by atoms with Gasteiger partial charge in [-0.3, -0.25) is 4.57 Å². The van der Waals surface area contributed by atoms with Crippen LogP contribution in [-0.4, -0.2) is 22.6 Å². The van der Waals surface area contributed by atoms with E-state index in [2.05, 4.69) is 9.72 Å². The molecule has 0 amide bonds. The zero-order valence-electron chi connectivity index (χ0n) is 11.5. The van der Waals surface area contributed by atoms with Crippen molar-refractivity contribution in [1.82, 2.24) is 9.55 Å². The number of nitrogens with zero attached hydrogens (tertiary/aromatic N) is 4. The number of carbonyl (C=O) groups excluding carboxylic acids is 1. The molecule has 0 bridgehead atoms. The van der Waals surface area contributed by atoms with E-state index in [0.717, 1.165) is 6.07 Å². The highest BCUT2D eigenvalue weighted by Gasteiger charge is 2.17. The number of nitriles is 2. The first-order valence-corrected chi connectivity index (χ1v) is 6.04. The van der Waals surface area contributed by atoms with Crippen LogP contribution < -0.4 is 5.73 Å². The van der Waals surface area contributed by atoms with Crippen LogP contribution >= 0.6 is 0 Å². The molecule has 0 aliphatic rings. The van der Waals surface area contributed by atoms with Crippen LogP contribution in [0.15, 0.2) is 18.2 Å². The van der Waals surface area contributed by atoms with Gasteiger partial charge < -0.3 is 10.5 Å². The summed E-state index contributed by atoms with van der Waals surface area (Å²) in [6.07, 6.45) is 0. The second kappa shape index (κ2) is 5.94. The smallest absolute Gasteiger partial charge is 0.337 e. The molecule has 0 fully saturated rings. The molecule has 2 N–H and O–H groups in total. The minimum absolute atomic E-state index is 0.0450. The lowest BCUT2D eigenvalue weighted by molar-refractivity contribution is 0.0600. The minimum atomic E-state index is -0.655. The first-order chi connectivity index (χ1) is 10.5. The number of methoxy groups -OCH3 is 1. The van der Waals surface area contributed by atoms with Crippen LogP contribution in [0.4, 0.5) is 10.3 Å². The van der Waals surface area contributed by atoms with Crippen molar-refractivity contribution in [3.8, 4) is 12.1 Å². The van der Waals surface area contributed by atoms with E-state index >= 15 is 0 Å². The number of ether oxygens (including phenoxy) is 1. The zero-order valence-corrected chi connectivity index (χ0v) is 11.5. The van der Waals surface area contributed by atoms with Crippen molar-refractivity contribution in [2.75, 3.05) is 12.8 Å². The fraction of sp³-hybridized carbons (Fsp3) is 0.143. The van der Waals surface area contributed by atoms with Crippen molar-refractivity contribution in [3.63, 3.8) is 0 Å². The molecule has 2 aromatic rings. The summed E-state index contributed by atoms with van der Waals surface area (Å²) in [6, 6.07) is 7.38. The fourth-order valence-corrected chi connectivity index (χ4v) is 1.91. The molecule has 1 aromatic heterocycles. The molecular formula is C14H10FN5O2. The average molecular weight is 299 g/mol. The van der Waals surface area contributed by atoms with Gasteiger partial charge in [-0.1, -0.05) is 6.07 Å². The van der Waals surface area contributed by atoms with Gasteiger partial charge in [0.05, 0.1) is 19.2 Å². The minimum Gasteiger partial charge on any atom is -0.465 e. The normalized spacial score (nSPS) is 9.82. The Kier molecular flexibility index (Phi) is 4.05. The molecule has 22 heavy (non-hydrogen) atoms. The molecule has 8 heteroatoms. The highest BCUT2D eigenvalue weighted by atomic mass is 19.1. The molecule has 1 aromatic carbocycles. The summed E-state index contributed by atoms with van der Waals surface area (Å²) in [5.41, 5.74) is 5.74. The lowest BCUT2D eigenvalue weighted by atomic mass is 10.1. The second-order valence-corrected chi connectivity index (χ2v) is 4.27. The largest absolute Gasteiger partial charge is 0.465 e. The van der Waals surface area contributed by atoms with Crippen LogP contribution in [0.5, 0.6) is 0 Å². The average Bonchev–Trinajstić information content (AvgIpc) is 2.83. The maximum atomic E-state index is 14.1. The highest BCUT2D eigenvalue weighted by Crippen LogP contribution is 2.18. The molecule has 110 valence electrons. The number of anilines is 1. The van der Waals surface area contributed by atoms with Crippen LogP contribution in [0.1, 0.15) is 27.3 Å². The Balaban J connectivity index is 2.41. The maximum absolute atomic E-state index is 14.1. The molecule has 0 saturated heterocycles. The van der Waals surface area contributed by atoms with E-state index in [4.69, 9.17) is 16.3 Å². The molecule has 0 atom stereocenters. The summed E-state index contributed by atoms with van der Waals surface area (Å²) >= 11 is 0. The molecule has 0 unspecified atom stereocenters. The summed E-state index contributed by atoms with van der Waals surface area (Å²) in [7, 11) is 1.20. The van der Waals surface area contributed by atoms with Crippen molar-refractivity contribution in [1.29, 1.82) is 10.5 Å². The van der Waals surface area contributed by atoms with Gasteiger partial charge >= 0.3 is 5.97 Å². The van der Waals surface area contributed by atoms with Crippen LogP contribution in [0, 0.1) is 28.5 Å². The van der Waals surface area contributed by atoms with Crippen molar-refractivity contribution in [3.05, 3.63) is 46.5 Å². The van der Waals surface area contributed by atoms with Gasteiger partial charge in [-0.15, -0.1) is 0 Å². The standard InChI is InChI=1S/C14H10FN5O2/c1-22-13(21)8-2-3-9(10(15)4-8)7-20-12(6-17)11(5-16)19-14(20)18/h2-4H,7H2,1H3,(H2,18,19). The van der Waals surface area contributed by atoms with E-state index in [1.54, 1.807) is 6.07 Å². The third-order valence-corrected chi connectivity index (χ3v) is 3.01. The Morgan fingerprint density at radius 2 is 2.18 bits per heavy atom. The summed E-state index contributed by atoms with van der Waals surface area (Å²) in [6.45, 7) is -0.0866. The van der Waals surface area contributed by atoms with Gasteiger partial charge in [0.1, 0.15) is 18.0 Å². The number of nitrogens with two attached hydrogens (primary N) is 1. The lowest BCUT2D eigenvalue weighted by Gasteiger charge is -2.08. The number of aromatic nitrogens is 2. The van der Waals surface area contributed by atoms with Gasteiger partial charge in [0.2, 0.25) is 5.95 Å². The topological polar surface area (TPSA) is 118 Å². The number of rotatable bonds is 3. The third-order valence-electron chi connectivity index (χ3n) is 3.01. The first-order valence-electron chi connectivity index (χ1n) is 6.04. The predicted octanol–water partition coefficient (Wildman–Crippen LogP) is 1.18. The summed E-state index contributed by atoms with van der Waals surface area (Å²) in [5.74, 6) is -1.37. The molecule has 0 radical (unpaired) electrons. The van der Waals surface area contributed by atoms with Crippen LogP contribution in [0.2, 0.25) is 0 Å². The van der Waals surface area contributed by atoms with Crippen LogP contribution in [-0.2, 0) is 11.3 Å². The van der Waals surface area contributed by atoms with Gasteiger partial charge in [0, 0.05) is 5.56 Å². The zero-order chi connectivity index (χ0) is 16.3. The Hall–Kier alpha value is -3.39. The van der Waals surface area contributed by atoms with E-state index in [0.29, 0.717) is 0 Å². The molecule has 2 rings (SSSR count). The van der Waals surface area contributed by atoms with Crippen molar-refractivity contribution < 1.29 is 13.9 Å². The molecule has 1 heterocycles. The van der Waals surface area contributed by atoms with Crippen LogP contribution in [0.25, 0.3) is 0 Å². The van der Waals surface area contributed by atoms with Gasteiger partial charge in [-0.25, -0.2) is 14.2 Å². The number of esters is 1. The number of carbonyl (C=O) groups is 1. The second-order valence-electron chi connectivity index (χ2n) is 4.27. The van der Waals surface area contributed by atoms with Crippen molar-refractivity contribution >= 4 is 11.9 Å². The first kappa shape index (κ1) is 15.0. The predicted molar refractivity (Wildman–Crippen MR) is 72.9 cm³/mol. The number of hydrogen-bond donors (Lipinski definition) is 1. The van der Waals surface area contributed by atoms with Crippen molar-refractivity contribution in [2.45, 2.75) is 6.54 Å². The number of benzene rings is 1. The van der Waals surface area contributed by atoms with Crippen molar-refractivity contribution in [2.24, 2.45) is 0 Å². The SMILES string of the molecule is COC(=O)c1ccc(Cn2c(N)nc(C#N)c2C#N)c(F)c1. The molecule has 0 aliphatic heterocycles. The Bertz CT molecular complexity index is 829. The maximum Gasteiger partial charge on any atom is 0.337 e. The van der Waals surface area contributed by atoms with E-state index < -0.39 is 11.8 Å². The molecule has 7 nitrogen and oxygen atoms in total. The lowest BCUT2D eigenvalue weighted by Crippen LogP contribution is -2.09. The van der Waals surface area contributed by atoms with E-state index in [-0.39, 0.29) is 35.0 Å². The van der Waals surface area contributed by atoms with Gasteiger partial charge in [0.25, 0.3) is 0 Å². The van der Waals surface area contributed by atoms with Gasteiger partial charge in [-0.2, -0.15) is 10.5 Å². The van der Waals surface area contributed by atoms with Gasteiger partial charge in [-0.05, 0) is 12.1 Å². The molecule has 0 spiro atoms. The summed E-state index contributed by atoms with van der Waals surface area (Å²) in [4.78, 5) is 15.1. The Labute approximate surface area is 125 Å². The Morgan fingerprint density at radius 1 is 1.45 bits per heavy atom. The van der Waals surface area contributed by atoms with E-state index in [9.17, 15) is 9.18 Å². The monoisotopic (exact) mass is 299 g/mol. The summed E-state index contributed by atoms with van der Waals surface area (Å²) < 4.78 is 19.8. The number of nitrogen functional groups attached to an aromatic ring is 1. The Morgan fingerprint density at radius 3 is 2.73 bits per heavy atom. The van der Waals surface area contributed by atoms with E-state index in [1.165, 1.54) is 23.8 Å². The number of hydrogen-bond acceptors (Lipinski definition) is 6. The third kappa shape index (κ3) is 2.58. The van der Waals surface area contributed by atoms with E-state index in [1.807, 2.05) is 6.07 Å². The number of halogens is 1.